The summed E-state index contributed by atoms with van der Waals surface area (Å²) >= 11 is 1.41. The fourth-order valence-corrected chi connectivity index (χ4v) is 7.13. The van der Waals surface area contributed by atoms with Gasteiger partial charge in [-0.05, 0) is 81.0 Å². The molecule has 1 amide bonds. The number of pyridine rings is 1. The van der Waals surface area contributed by atoms with Gasteiger partial charge in [0.15, 0.2) is 5.82 Å². The number of benzene rings is 2. The van der Waals surface area contributed by atoms with Gasteiger partial charge in [-0.15, -0.1) is 11.3 Å². The number of likely N-dealkylation sites (tertiary alicyclic amines) is 1. The second kappa shape index (κ2) is 12.4. The SMILES string of the molecule is CC(C)C(=O)Nc1cc(-c2sc(C3CCN(C)CC3)nc2-c2cccc(NS(=O)(=O)c3cc(F)ccc3F)c2F)ccn1. The van der Waals surface area contributed by atoms with Crippen molar-refractivity contribution in [3.05, 3.63) is 77.2 Å². The number of carbonyl (C=O) groups is 1. The minimum Gasteiger partial charge on any atom is -0.310 e. The number of nitrogens with zero attached hydrogens (tertiary/aromatic N) is 3. The number of amides is 1. The van der Waals surface area contributed by atoms with Crippen molar-refractivity contribution >= 4 is 38.8 Å². The lowest BCUT2D eigenvalue weighted by molar-refractivity contribution is -0.118. The van der Waals surface area contributed by atoms with Gasteiger partial charge in [0.1, 0.15) is 22.3 Å². The molecule has 43 heavy (non-hydrogen) atoms. The van der Waals surface area contributed by atoms with E-state index in [4.69, 9.17) is 4.98 Å². The Labute approximate surface area is 252 Å². The van der Waals surface area contributed by atoms with Crippen molar-refractivity contribution in [2.45, 2.75) is 37.5 Å². The van der Waals surface area contributed by atoms with Crippen molar-refractivity contribution in [1.29, 1.82) is 0 Å². The Morgan fingerprint density at radius 1 is 1.07 bits per heavy atom. The number of piperidine rings is 1. The first-order valence-electron chi connectivity index (χ1n) is 13.7. The second-order valence-electron chi connectivity index (χ2n) is 10.7. The van der Waals surface area contributed by atoms with Crippen LogP contribution in [0.25, 0.3) is 21.7 Å². The largest absolute Gasteiger partial charge is 0.310 e. The highest BCUT2D eigenvalue weighted by molar-refractivity contribution is 7.92. The highest BCUT2D eigenvalue weighted by Gasteiger charge is 2.28. The zero-order chi connectivity index (χ0) is 30.9. The predicted molar refractivity (Wildman–Crippen MR) is 161 cm³/mol. The van der Waals surface area contributed by atoms with E-state index in [0.717, 1.165) is 37.0 Å². The van der Waals surface area contributed by atoms with Crippen LogP contribution in [0.2, 0.25) is 0 Å². The van der Waals surface area contributed by atoms with Crippen molar-refractivity contribution in [3.63, 3.8) is 0 Å². The summed E-state index contributed by atoms with van der Waals surface area (Å²) in [6, 6.07) is 9.57. The molecule has 2 aromatic carbocycles. The van der Waals surface area contributed by atoms with Crippen LogP contribution in [-0.2, 0) is 14.8 Å². The molecule has 1 fully saturated rings. The molecule has 2 aromatic heterocycles. The van der Waals surface area contributed by atoms with E-state index in [9.17, 15) is 22.0 Å². The smallest absolute Gasteiger partial charge is 0.265 e. The Hall–Kier alpha value is -3.81. The summed E-state index contributed by atoms with van der Waals surface area (Å²) in [7, 11) is -2.62. The Morgan fingerprint density at radius 2 is 1.81 bits per heavy atom. The average molecular weight is 630 g/mol. The molecule has 1 saturated heterocycles. The number of sulfonamides is 1. The zero-order valence-electron chi connectivity index (χ0n) is 23.7. The Morgan fingerprint density at radius 3 is 2.53 bits per heavy atom. The first-order valence-corrected chi connectivity index (χ1v) is 16.0. The standard InChI is InChI=1S/C30H30F3N5O3S2/c1-17(2)29(39)35-25-15-19(9-12-34-25)28-27(36-30(42-28)18-10-13-38(3)14-11-18)21-5-4-6-23(26(21)33)37-43(40,41)24-16-20(31)7-8-22(24)32/h4-9,12,15-18,37H,10-11,13-14H2,1-3H3,(H,34,35,39). The molecular weight excluding hydrogens is 599 g/mol. The molecule has 2 N–H and O–H groups in total. The molecule has 5 rings (SSSR count). The van der Waals surface area contributed by atoms with Crippen LogP contribution in [0.5, 0.6) is 0 Å². The van der Waals surface area contributed by atoms with Crippen molar-refractivity contribution in [1.82, 2.24) is 14.9 Å². The molecule has 3 heterocycles. The quantitative estimate of drug-likeness (QED) is 0.231. The van der Waals surface area contributed by atoms with Gasteiger partial charge in [-0.25, -0.2) is 31.6 Å². The van der Waals surface area contributed by atoms with Gasteiger partial charge in [0, 0.05) is 23.6 Å². The molecule has 4 aromatic rings. The predicted octanol–water partition coefficient (Wildman–Crippen LogP) is 6.49. The number of anilines is 2. The number of halogens is 3. The highest BCUT2D eigenvalue weighted by atomic mass is 32.2. The maximum absolute atomic E-state index is 16.1. The molecule has 13 heteroatoms. The number of nitrogens with one attached hydrogen (secondary N) is 2. The number of carbonyl (C=O) groups excluding carboxylic acids is 1. The Bertz CT molecular complexity index is 1770. The molecule has 0 spiro atoms. The lowest BCUT2D eigenvalue weighted by Crippen LogP contribution is -2.29. The number of thiazole rings is 1. The van der Waals surface area contributed by atoms with Gasteiger partial charge in [0.25, 0.3) is 10.0 Å². The van der Waals surface area contributed by atoms with E-state index < -0.39 is 38.1 Å². The minimum atomic E-state index is -4.67. The molecule has 8 nitrogen and oxygen atoms in total. The first kappa shape index (κ1) is 30.6. The number of rotatable bonds is 8. The third kappa shape index (κ3) is 6.73. The molecule has 1 aliphatic heterocycles. The molecule has 226 valence electrons. The maximum atomic E-state index is 16.1. The van der Waals surface area contributed by atoms with Crippen molar-refractivity contribution in [2.24, 2.45) is 5.92 Å². The van der Waals surface area contributed by atoms with Crippen molar-refractivity contribution < 1.29 is 26.4 Å². The number of hydrogen-bond acceptors (Lipinski definition) is 7. The van der Waals surface area contributed by atoms with E-state index in [1.807, 2.05) is 0 Å². The molecule has 0 aliphatic carbocycles. The topological polar surface area (TPSA) is 104 Å². The van der Waals surface area contributed by atoms with Crippen LogP contribution in [0, 0.1) is 23.4 Å². The van der Waals surface area contributed by atoms with Crippen LogP contribution in [0.3, 0.4) is 0 Å². The summed E-state index contributed by atoms with van der Waals surface area (Å²) < 4.78 is 72.1. The summed E-state index contributed by atoms with van der Waals surface area (Å²) in [5, 5.41) is 3.59. The number of hydrogen-bond donors (Lipinski definition) is 2. The van der Waals surface area contributed by atoms with E-state index in [1.54, 1.807) is 32.2 Å². The number of aromatic nitrogens is 2. The van der Waals surface area contributed by atoms with E-state index in [0.29, 0.717) is 34.1 Å². The molecular formula is C30H30F3N5O3S2. The Kier molecular flexibility index (Phi) is 8.86. The van der Waals surface area contributed by atoms with Gasteiger partial charge in [0.05, 0.1) is 21.3 Å². The fourth-order valence-electron chi connectivity index (χ4n) is 4.73. The fraction of sp³-hybridized carbons (Fsp3) is 0.300. The summed E-state index contributed by atoms with van der Waals surface area (Å²) in [6.45, 7) is 5.30. The summed E-state index contributed by atoms with van der Waals surface area (Å²) in [5.74, 6) is -3.04. The Balaban J connectivity index is 1.58. The first-order chi connectivity index (χ1) is 20.4. The maximum Gasteiger partial charge on any atom is 0.265 e. The van der Waals surface area contributed by atoms with Gasteiger partial charge >= 0.3 is 0 Å². The summed E-state index contributed by atoms with van der Waals surface area (Å²) in [5.41, 5.74) is 0.519. The van der Waals surface area contributed by atoms with Gasteiger partial charge in [0.2, 0.25) is 5.91 Å². The van der Waals surface area contributed by atoms with Crippen molar-refractivity contribution in [2.75, 3.05) is 30.2 Å². The average Bonchev–Trinajstić information content (AvgIpc) is 3.41. The van der Waals surface area contributed by atoms with Gasteiger partial charge in [-0.3, -0.25) is 9.52 Å². The lowest BCUT2D eigenvalue weighted by atomic mass is 9.98. The van der Waals surface area contributed by atoms with Crippen LogP contribution in [0.4, 0.5) is 24.7 Å². The van der Waals surface area contributed by atoms with Crippen LogP contribution < -0.4 is 10.0 Å². The third-order valence-corrected chi connectivity index (χ3v) is 9.84. The van der Waals surface area contributed by atoms with E-state index >= 15 is 4.39 Å². The van der Waals surface area contributed by atoms with Crippen LogP contribution in [-0.4, -0.2) is 49.3 Å². The zero-order valence-corrected chi connectivity index (χ0v) is 25.3. The molecule has 0 unspecified atom stereocenters. The van der Waals surface area contributed by atoms with Crippen molar-refractivity contribution in [3.8, 4) is 21.7 Å². The minimum absolute atomic E-state index is 0.0231. The highest BCUT2D eigenvalue weighted by Crippen LogP contribution is 2.43. The molecule has 0 saturated carbocycles. The monoisotopic (exact) mass is 629 g/mol. The van der Waals surface area contributed by atoms with Gasteiger partial charge < -0.3 is 10.2 Å². The summed E-state index contributed by atoms with van der Waals surface area (Å²) in [4.78, 5) is 23.3. The van der Waals surface area contributed by atoms with Crippen LogP contribution in [0.1, 0.15) is 37.6 Å². The second-order valence-corrected chi connectivity index (χ2v) is 13.4. The normalized spacial score (nSPS) is 14.7. The van der Waals surface area contributed by atoms with Crippen LogP contribution >= 0.6 is 11.3 Å². The lowest BCUT2D eigenvalue weighted by Gasteiger charge is -2.27. The van der Waals surface area contributed by atoms with Gasteiger partial charge in [-0.2, -0.15) is 0 Å². The summed E-state index contributed by atoms with van der Waals surface area (Å²) in [6.07, 6.45) is 3.28. The third-order valence-electron chi connectivity index (χ3n) is 7.19. The molecule has 0 bridgehead atoms. The molecule has 0 radical (unpaired) electrons. The van der Waals surface area contributed by atoms with Crippen LogP contribution in [0.15, 0.2) is 59.6 Å². The van der Waals surface area contributed by atoms with E-state index in [-0.39, 0.29) is 23.3 Å². The molecule has 1 aliphatic rings. The van der Waals surface area contributed by atoms with E-state index in [1.165, 1.54) is 29.5 Å². The molecule has 0 atom stereocenters. The van der Waals surface area contributed by atoms with E-state index in [2.05, 4.69) is 27.0 Å². The van der Waals surface area contributed by atoms with Gasteiger partial charge in [-0.1, -0.05) is 19.9 Å².